The Kier molecular flexibility index (Phi) is 8.16. The standard InChI is InChI=1S/C18H27NO5.ClH/c1-5-19(12-9-7-6-8-10-12)15-13(18(20)21)11-14(22-2)16(23-3)17(15)24-4;/h11-12H,5-10H2,1-4H3,(H,20,21);1H. The van der Waals surface area contributed by atoms with Crippen LogP contribution in [0.4, 0.5) is 5.69 Å². The van der Waals surface area contributed by atoms with Crippen LogP contribution in [0.1, 0.15) is 49.4 Å². The maximum Gasteiger partial charge on any atom is 0.338 e. The van der Waals surface area contributed by atoms with Crippen LogP contribution in [0.25, 0.3) is 0 Å². The molecule has 1 aliphatic rings. The van der Waals surface area contributed by atoms with Gasteiger partial charge in [-0.1, -0.05) is 19.3 Å². The number of carbonyl (C=O) groups is 1. The molecule has 7 heteroatoms. The number of anilines is 1. The number of carboxylic acid groups (broad SMARTS) is 1. The quantitative estimate of drug-likeness (QED) is 0.779. The predicted octanol–water partition coefficient (Wildman–Crippen LogP) is 3.99. The van der Waals surface area contributed by atoms with Crippen LogP contribution in [0.3, 0.4) is 0 Å². The molecule has 0 aromatic heterocycles. The molecule has 1 aromatic rings. The van der Waals surface area contributed by atoms with Crippen LogP contribution in [-0.4, -0.2) is 45.0 Å². The number of hydrogen-bond donors (Lipinski definition) is 1. The Labute approximate surface area is 155 Å². The van der Waals surface area contributed by atoms with E-state index in [0.29, 0.717) is 35.5 Å². The molecule has 0 heterocycles. The van der Waals surface area contributed by atoms with Gasteiger partial charge in [0.25, 0.3) is 0 Å². The smallest absolute Gasteiger partial charge is 0.338 e. The van der Waals surface area contributed by atoms with Gasteiger partial charge in [0.2, 0.25) is 5.75 Å². The number of hydrogen-bond acceptors (Lipinski definition) is 5. The van der Waals surface area contributed by atoms with Crippen molar-refractivity contribution >= 4 is 24.1 Å². The number of aromatic carboxylic acids is 1. The minimum absolute atomic E-state index is 0. The van der Waals surface area contributed by atoms with Crippen molar-refractivity contribution in [1.82, 2.24) is 0 Å². The Balaban J connectivity index is 0.00000312. The molecule has 0 spiro atoms. The van der Waals surface area contributed by atoms with E-state index < -0.39 is 5.97 Å². The van der Waals surface area contributed by atoms with E-state index >= 15 is 0 Å². The third kappa shape index (κ3) is 4.24. The van der Waals surface area contributed by atoms with Gasteiger partial charge in [0.05, 0.1) is 32.6 Å². The van der Waals surface area contributed by atoms with E-state index in [1.54, 1.807) is 0 Å². The summed E-state index contributed by atoms with van der Waals surface area (Å²) < 4.78 is 16.3. The fourth-order valence-electron chi connectivity index (χ4n) is 3.58. The van der Waals surface area contributed by atoms with Gasteiger partial charge in [-0.2, -0.15) is 0 Å². The predicted molar refractivity (Wildman–Crippen MR) is 100 cm³/mol. The monoisotopic (exact) mass is 373 g/mol. The molecule has 0 radical (unpaired) electrons. The van der Waals surface area contributed by atoms with Crippen LogP contribution in [0.5, 0.6) is 17.2 Å². The fourth-order valence-corrected chi connectivity index (χ4v) is 3.58. The Hall–Kier alpha value is -1.82. The number of rotatable bonds is 7. The summed E-state index contributed by atoms with van der Waals surface area (Å²) in [5, 5.41) is 9.73. The van der Waals surface area contributed by atoms with Crippen LogP contribution in [0, 0.1) is 0 Å². The first kappa shape index (κ1) is 21.2. The second-order valence-electron chi connectivity index (χ2n) is 5.92. The molecule has 0 bridgehead atoms. The van der Waals surface area contributed by atoms with Crippen LogP contribution >= 0.6 is 12.4 Å². The Morgan fingerprint density at radius 3 is 2.16 bits per heavy atom. The molecular formula is C18H28ClNO5. The van der Waals surface area contributed by atoms with Gasteiger partial charge < -0.3 is 24.2 Å². The Bertz CT molecular complexity index is 587. The van der Waals surface area contributed by atoms with Gasteiger partial charge in [-0.25, -0.2) is 4.79 Å². The molecule has 0 saturated heterocycles. The van der Waals surface area contributed by atoms with Crippen molar-refractivity contribution in [1.29, 1.82) is 0 Å². The van der Waals surface area contributed by atoms with Crippen molar-refractivity contribution in [2.75, 3.05) is 32.8 Å². The molecule has 1 aromatic carbocycles. The lowest BCUT2D eigenvalue weighted by atomic mass is 9.93. The van der Waals surface area contributed by atoms with E-state index in [9.17, 15) is 9.90 Å². The molecule has 2 rings (SSSR count). The van der Waals surface area contributed by atoms with Crippen LogP contribution < -0.4 is 19.1 Å². The van der Waals surface area contributed by atoms with Gasteiger partial charge in [-0.15, -0.1) is 12.4 Å². The highest BCUT2D eigenvalue weighted by molar-refractivity contribution is 5.98. The summed E-state index contributed by atoms with van der Waals surface area (Å²) in [6.07, 6.45) is 5.69. The lowest BCUT2D eigenvalue weighted by Crippen LogP contribution is -2.38. The van der Waals surface area contributed by atoms with Crippen LogP contribution in [-0.2, 0) is 0 Å². The number of nitrogens with zero attached hydrogens (tertiary/aromatic N) is 1. The zero-order chi connectivity index (χ0) is 17.7. The summed E-state index contributed by atoms with van der Waals surface area (Å²) in [4.78, 5) is 14.0. The molecule has 0 amide bonds. The van der Waals surface area contributed by atoms with Gasteiger partial charge in [0.1, 0.15) is 0 Å². The Morgan fingerprint density at radius 1 is 1.12 bits per heavy atom. The van der Waals surface area contributed by atoms with E-state index in [2.05, 4.69) is 4.90 Å². The summed E-state index contributed by atoms with van der Waals surface area (Å²) in [5.74, 6) is 0.199. The summed E-state index contributed by atoms with van der Waals surface area (Å²) in [5.41, 5.74) is 0.758. The molecule has 1 aliphatic carbocycles. The van der Waals surface area contributed by atoms with Crippen molar-refractivity contribution in [3.63, 3.8) is 0 Å². The lowest BCUT2D eigenvalue weighted by molar-refractivity contribution is 0.0696. The van der Waals surface area contributed by atoms with Gasteiger partial charge in [0.15, 0.2) is 11.5 Å². The number of benzene rings is 1. The zero-order valence-corrected chi connectivity index (χ0v) is 16.1. The molecule has 0 aliphatic heterocycles. The highest BCUT2D eigenvalue weighted by Gasteiger charge is 2.31. The normalized spacial score (nSPS) is 14.4. The molecule has 0 unspecified atom stereocenters. The first-order valence-electron chi connectivity index (χ1n) is 8.41. The first-order valence-corrected chi connectivity index (χ1v) is 8.41. The number of halogens is 1. The third-order valence-corrected chi connectivity index (χ3v) is 4.68. The van der Waals surface area contributed by atoms with E-state index in [-0.39, 0.29) is 18.0 Å². The third-order valence-electron chi connectivity index (χ3n) is 4.68. The van der Waals surface area contributed by atoms with Crippen molar-refractivity contribution in [2.24, 2.45) is 0 Å². The largest absolute Gasteiger partial charge is 0.493 e. The van der Waals surface area contributed by atoms with Crippen molar-refractivity contribution < 1.29 is 24.1 Å². The Morgan fingerprint density at radius 2 is 1.72 bits per heavy atom. The van der Waals surface area contributed by atoms with E-state index in [0.717, 1.165) is 12.8 Å². The minimum atomic E-state index is -1.00. The van der Waals surface area contributed by atoms with Gasteiger partial charge >= 0.3 is 5.97 Å². The van der Waals surface area contributed by atoms with E-state index in [4.69, 9.17) is 14.2 Å². The SMILES string of the molecule is CCN(c1c(C(=O)O)cc(OC)c(OC)c1OC)C1CCCCC1.Cl. The second-order valence-corrected chi connectivity index (χ2v) is 5.92. The average Bonchev–Trinajstić information content (AvgIpc) is 2.61. The van der Waals surface area contributed by atoms with Gasteiger partial charge in [-0.05, 0) is 19.8 Å². The average molecular weight is 374 g/mol. The molecule has 25 heavy (non-hydrogen) atoms. The van der Waals surface area contributed by atoms with Crippen molar-refractivity contribution in [3.8, 4) is 17.2 Å². The zero-order valence-electron chi connectivity index (χ0n) is 15.3. The van der Waals surface area contributed by atoms with E-state index in [1.807, 2.05) is 6.92 Å². The van der Waals surface area contributed by atoms with Crippen molar-refractivity contribution in [3.05, 3.63) is 11.6 Å². The van der Waals surface area contributed by atoms with Gasteiger partial charge in [0, 0.05) is 18.7 Å². The molecule has 1 saturated carbocycles. The molecule has 6 nitrogen and oxygen atoms in total. The lowest BCUT2D eigenvalue weighted by Gasteiger charge is -2.37. The van der Waals surface area contributed by atoms with Crippen LogP contribution in [0.2, 0.25) is 0 Å². The number of carboxylic acids is 1. The summed E-state index contributed by atoms with van der Waals surface area (Å²) in [7, 11) is 4.55. The number of ether oxygens (including phenoxy) is 3. The summed E-state index contributed by atoms with van der Waals surface area (Å²) in [6.45, 7) is 2.74. The molecule has 1 N–H and O–H groups in total. The van der Waals surface area contributed by atoms with E-state index in [1.165, 1.54) is 46.7 Å². The second kappa shape index (κ2) is 9.61. The summed E-state index contributed by atoms with van der Waals surface area (Å²) >= 11 is 0. The van der Waals surface area contributed by atoms with Gasteiger partial charge in [-0.3, -0.25) is 0 Å². The van der Waals surface area contributed by atoms with Crippen LogP contribution in [0.15, 0.2) is 6.07 Å². The van der Waals surface area contributed by atoms with Crippen molar-refractivity contribution in [2.45, 2.75) is 45.1 Å². The highest BCUT2D eigenvalue weighted by atomic mass is 35.5. The molecule has 1 fully saturated rings. The summed E-state index contributed by atoms with van der Waals surface area (Å²) in [6, 6.07) is 1.83. The first-order chi connectivity index (χ1) is 11.6. The topological polar surface area (TPSA) is 68.2 Å². The molecule has 142 valence electrons. The maximum atomic E-state index is 11.9. The molecular weight excluding hydrogens is 346 g/mol. The number of methoxy groups -OCH3 is 3. The minimum Gasteiger partial charge on any atom is -0.493 e. The fraction of sp³-hybridized carbons (Fsp3) is 0.611. The maximum absolute atomic E-state index is 11.9. The highest BCUT2D eigenvalue weighted by Crippen LogP contribution is 2.48. The molecule has 0 atom stereocenters.